The first kappa shape index (κ1) is 17.7. The van der Waals surface area contributed by atoms with Gasteiger partial charge in [-0.2, -0.15) is 9.89 Å². The molecule has 0 spiro atoms. The number of hydrogen-bond donors (Lipinski definition) is 1. The van der Waals surface area contributed by atoms with Crippen LogP contribution in [0.15, 0.2) is 58.2 Å². The Bertz CT molecular complexity index is 874. The summed E-state index contributed by atoms with van der Waals surface area (Å²) in [6, 6.07) is 0. The normalized spacial score (nSPS) is 20.8. The molecular weight excluding hydrogens is 376 g/mol. The van der Waals surface area contributed by atoms with Crippen molar-refractivity contribution in [2.45, 2.75) is 33.2 Å². The van der Waals surface area contributed by atoms with Crippen LogP contribution in [0.25, 0.3) is 11.1 Å². The third-order valence-corrected chi connectivity index (χ3v) is 5.00. The number of nitrogens with two attached hydrogens (primary N) is 1. The van der Waals surface area contributed by atoms with E-state index in [2.05, 4.69) is 96.2 Å². The molecule has 0 radical (unpaired) electrons. The van der Waals surface area contributed by atoms with E-state index < -0.39 is 0 Å². The van der Waals surface area contributed by atoms with E-state index in [1.807, 2.05) is 12.3 Å². The average molecular weight is 399 g/mol. The second-order valence-corrected chi connectivity index (χ2v) is 8.23. The zero-order valence-electron chi connectivity index (χ0n) is 15.0. The first-order valence-electron chi connectivity index (χ1n) is 8.26. The molecule has 0 saturated heterocycles. The van der Waals surface area contributed by atoms with Gasteiger partial charge in [-0.05, 0) is 41.4 Å². The highest BCUT2D eigenvalue weighted by molar-refractivity contribution is 9.10. The van der Waals surface area contributed by atoms with Crippen LogP contribution in [0, 0.1) is 5.41 Å². The monoisotopic (exact) mass is 398 g/mol. The Labute approximate surface area is 157 Å². The van der Waals surface area contributed by atoms with Gasteiger partial charge in [-0.1, -0.05) is 56.4 Å². The summed E-state index contributed by atoms with van der Waals surface area (Å²) < 4.78 is 0.744. The van der Waals surface area contributed by atoms with Crippen molar-refractivity contribution in [1.29, 1.82) is 0 Å². The SMILES string of the molecule is CC1(C)C=CC=C(c2nn(N)c(Br)c2C2=CC=NC(C)(C)C=C2)C=C1. The molecule has 0 fully saturated rings. The van der Waals surface area contributed by atoms with Crippen molar-refractivity contribution in [3.05, 3.63) is 64.5 Å². The summed E-state index contributed by atoms with van der Waals surface area (Å²) >= 11 is 3.59. The van der Waals surface area contributed by atoms with Crippen LogP contribution in [0.1, 0.15) is 39.0 Å². The number of aliphatic imine (C=N–C) groups is 1. The number of nitrogens with zero attached hydrogens (tertiary/aromatic N) is 3. The summed E-state index contributed by atoms with van der Waals surface area (Å²) in [7, 11) is 0. The van der Waals surface area contributed by atoms with Gasteiger partial charge in [0.25, 0.3) is 0 Å². The van der Waals surface area contributed by atoms with Crippen LogP contribution >= 0.6 is 15.9 Å². The number of nitrogen functional groups attached to an aromatic ring is 1. The standard InChI is InChI=1S/C20H23BrN4/c1-19(2)10-5-6-15(7-11-19)17-16(18(21)25(22)24-17)14-8-12-20(3,4)23-13-9-14/h5-13H,22H2,1-4H3. The second-order valence-electron chi connectivity index (χ2n) is 7.48. The summed E-state index contributed by atoms with van der Waals surface area (Å²) in [5.41, 5.74) is 3.65. The molecule has 25 heavy (non-hydrogen) atoms. The molecule has 1 aliphatic heterocycles. The highest BCUT2D eigenvalue weighted by atomic mass is 79.9. The lowest BCUT2D eigenvalue weighted by Gasteiger charge is -2.12. The minimum absolute atomic E-state index is 0.0130. The maximum atomic E-state index is 6.04. The van der Waals surface area contributed by atoms with E-state index in [0.717, 1.165) is 27.0 Å². The highest BCUT2D eigenvalue weighted by Crippen LogP contribution is 2.35. The van der Waals surface area contributed by atoms with Gasteiger partial charge in [-0.15, -0.1) is 0 Å². The van der Waals surface area contributed by atoms with Crippen LogP contribution in [-0.2, 0) is 0 Å². The van der Waals surface area contributed by atoms with Crippen molar-refractivity contribution in [2.75, 3.05) is 5.84 Å². The Kier molecular flexibility index (Phi) is 4.45. The number of allylic oxidation sites excluding steroid dienone is 9. The molecule has 0 unspecified atom stereocenters. The summed E-state index contributed by atoms with van der Waals surface area (Å²) in [5, 5.41) is 4.54. The summed E-state index contributed by atoms with van der Waals surface area (Å²) in [5.74, 6) is 6.04. The number of halogens is 1. The van der Waals surface area contributed by atoms with Crippen LogP contribution in [0.2, 0.25) is 0 Å². The third-order valence-electron chi connectivity index (χ3n) is 4.24. The topological polar surface area (TPSA) is 56.2 Å². The van der Waals surface area contributed by atoms with Gasteiger partial charge in [0.15, 0.2) is 0 Å². The molecule has 3 rings (SSSR count). The van der Waals surface area contributed by atoms with E-state index in [1.165, 1.54) is 4.79 Å². The number of aromatic nitrogens is 2. The summed E-state index contributed by atoms with van der Waals surface area (Å²) in [6.45, 7) is 8.49. The maximum absolute atomic E-state index is 6.04. The predicted octanol–water partition coefficient (Wildman–Crippen LogP) is 4.70. The molecule has 2 aliphatic rings. The highest BCUT2D eigenvalue weighted by Gasteiger charge is 2.22. The Hall–Kier alpha value is -2.14. The molecule has 2 heterocycles. The van der Waals surface area contributed by atoms with Gasteiger partial charge in [0.05, 0.1) is 5.54 Å². The first-order valence-corrected chi connectivity index (χ1v) is 9.06. The average Bonchev–Trinajstić information content (AvgIpc) is 2.68. The molecule has 0 saturated carbocycles. The van der Waals surface area contributed by atoms with Gasteiger partial charge >= 0.3 is 0 Å². The van der Waals surface area contributed by atoms with E-state index >= 15 is 0 Å². The molecule has 0 aromatic carbocycles. The van der Waals surface area contributed by atoms with Gasteiger partial charge in [-0.3, -0.25) is 4.99 Å². The molecule has 130 valence electrons. The van der Waals surface area contributed by atoms with Gasteiger partial charge in [0.1, 0.15) is 10.3 Å². The molecule has 1 aromatic rings. The van der Waals surface area contributed by atoms with Crippen molar-refractivity contribution in [3.63, 3.8) is 0 Å². The van der Waals surface area contributed by atoms with Crippen molar-refractivity contribution < 1.29 is 0 Å². The van der Waals surface area contributed by atoms with Crippen molar-refractivity contribution in [3.8, 4) is 0 Å². The smallest absolute Gasteiger partial charge is 0.135 e. The van der Waals surface area contributed by atoms with Crippen LogP contribution in [0.3, 0.4) is 0 Å². The Morgan fingerprint density at radius 3 is 2.48 bits per heavy atom. The second kappa shape index (κ2) is 6.30. The Balaban J connectivity index is 2.12. The molecule has 5 heteroatoms. The van der Waals surface area contributed by atoms with Gasteiger partial charge < -0.3 is 5.84 Å². The van der Waals surface area contributed by atoms with E-state index in [4.69, 9.17) is 5.84 Å². The lowest BCUT2D eigenvalue weighted by Crippen LogP contribution is -2.11. The van der Waals surface area contributed by atoms with Gasteiger partial charge in [0, 0.05) is 22.8 Å². The first-order chi connectivity index (χ1) is 11.7. The van der Waals surface area contributed by atoms with Crippen LogP contribution in [0.4, 0.5) is 0 Å². The molecule has 0 amide bonds. The number of hydrogen-bond acceptors (Lipinski definition) is 3. The van der Waals surface area contributed by atoms with Crippen molar-refractivity contribution >= 4 is 33.3 Å². The summed E-state index contributed by atoms with van der Waals surface area (Å²) in [6.07, 6.45) is 18.6. The fourth-order valence-corrected chi connectivity index (χ4v) is 3.21. The molecule has 0 atom stereocenters. The van der Waals surface area contributed by atoms with E-state index in [9.17, 15) is 0 Å². The van der Waals surface area contributed by atoms with Crippen LogP contribution < -0.4 is 5.84 Å². The van der Waals surface area contributed by atoms with Gasteiger partial charge in [0.2, 0.25) is 0 Å². The molecule has 4 nitrogen and oxygen atoms in total. The molecule has 1 aliphatic carbocycles. The quantitative estimate of drug-likeness (QED) is 0.733. The van der Waals surface area contributed by atoms with E-state index in [1.54, 1.807) is 0 Å². The largest absolute Gasteiger partial charge is 0.322 e. The van der Waals surface area contributed by atoms with Gasteiger partial charge in [-0.25, -0.2) is 0 Å². The molecule has 1 aromatic heterocycles. The minimum atomic E-state index is -0.224. The fourth-order valence-electron chi connectivity index (χ4n) is 2.71. The number of rotatable bonds is 2. The van der Waals surface area contributed by atoms with Crippen molar-refractivity contribution in [2.24, 2.45) is 10.4 Å². The zero-order chi connectivity index (χ0) is 18.2. The van der Waals surface area contributed by atoms with Crippen LogP contribution in [-0.4, -0.2) is 21.6 Å². The molecule has 0 bridgehead atoms. The molecule has 2 N–H and O–H groups in total. The predicted molar refractivity (Wildman–Crippen MR) is 110 cm³/mol. The molecular formula is C20H23BrN4. The lowest BCUT2D eigenvalue weighted by atomic mass is 9.92. The Morgan fingerprint density at radius 1 is 1.00 bits per heavy atom. The van der Waals surface area contributed by atoms with E-state index in [0.29, 0.717) is 0 Å². The summed E-state index contributed by atoms with van der Waals surface area (Å²) in [4.78, 5) is 5.92. The van der Waals surface area contributed by atoms with E-state index in [-0.39, 0.29) is 11.0 Å². The van der Waals surface area contributed by atoms with Crippen molar-refractivity contribution in [1.82, 2.24) is 9.89 Å². The maximum Gasteiger partial charge on any atom is 0.135 e. The Morgan fingerprint density at radius 2 is 1.72 bits per heavy atom. The zero-order valence-corrected chi connectivity index (χ0v) is 16.6. The fraction of sp³-hybridized carbons (Fsp3) is 0.300. The lowest BCUT2D eigenvalue weighted by molar-refractivity contribution is 0.627. The minimum Gasteiger partial charge on any atom is -0.322 e. The van der Waals surface area contributed by atoms with Crippen LogP contribution in [0.5, 0.6) is 0 Å². The third kappa shape index (κ3) is 3.76.